The Morgan fingerprint density at radius 3 is 2.61 bits per heavy atom. The van der Waals surface area contributed by atoms with E-state index < -0.39 is 5.91 Å². The molecule has 12 nitrogen and oxygen atoms in total. The van der Waals surface area contributed by atoms with Gasteiger partial charge in [0.15, 0.2) is 5.69 Å². The Kier molecular flexibility index (Phi) is 6.91. The van der Waals surface area contributed by atoms with Gasteiger partial charge in [0, 0.05) is 55.7 Å². The highest BCUT2D eigenvalue weighted by molar-refractivity contribution is 6.08. The van der Waals surface area contributed by atoms with Crippen LogP contribution in [0.1, 0.15) is 30.0 Å². The van der Waals surface area contributed by atoms with Gasteiger partial charge in [-0.1, -0.05) is 11.3 Å². The second kappa shape index (κ2) is 10.3. The maximum absolute atomic E-state index is 13.1. The molecule has 2 amide bonds. The second-order valence-corrected chi connectivity index (χ2v) is 10.0. The number of pyridine rings is 2. The molecule has 0 bridgehead atoms. The lowest BCUT2D eigenvalue weighted by atomic mass is 10.1. The molecular formula is C26H32N10O2. The number of rotatable bonds is 6. The van der Waals surface area contributed by atoms with Gasteiger partial charge in [0.2, 0.25) is 5.91 Å². The Hall–Kier alpha value is -4.16. The number of hydrogen-bond acceptors (Lipinski definition) is 8. The number of anilines is 2. The SMILES string of the molecule is Cc1ncc(NC(=O)CN2C[C@@H](C)N(C)C[C@@H]2C)cc1NC(=O)c1nnn2cc(-c3cnn(C)c3)ccc12. The van der Waals surface area contributed by atoms with Gasteiger partial charge in [-0.2, -0.15) is 5.10 Å². The molecule has 0 aromatic carbocycles. The van der Waals surface area contributed by atoms with Crippen LogP contribution in [0.4, 0.5) is 11.4 Å². The van der Waals surface area contributed by atoms with Gasteiger partial charge >= 0.3 is 0 Å². The van der Waals surface area contributed by atoms with Crippen molar-refractivity contribution in [1.29, 1.82) is 0 Å². The van der Waals surface area contributed by atoms with Crippen LogP contribution in [0, 0.1) is 6.92 Å². The number of aryl methyl sites for hydroxylation is 2. The van der Waals surface area contributed by atoms with Crippen LogP contribution in [-0.2, 0) is 11.8 Å². The Morgan fingerprint density at radius 1 is 1.03 bits per heavy atom. The molecule has 5 heterocycles. The topological polar surface area (TPSA) is 126 Å². The van der Waals surface area contributed by atoms with Crippen LogP contribution in [0.3, 0.4) is 0 Å². The van der Waals surface area contributed by atoms with Gasteiger partial charge in [0.1, 0.15) is 0 Å². The molecule has 2 N–H and O–H groups in total. The van der Waals surface area contributed by atoms with Gasteiger partial charge in [-0.15, -0.1) is 5.10 Å². The van der Waals surface area contributed by atoms with Crippen molar-refractivity contribution >= 4 is 28.7 Å². The van der Waals surface area contributed by atoms with E-state index in [4.69, 9.17) is 0 Å². The molecule has 12 heteroatoms. The summed E-state index contributed by atoms with van der Waals surface area (Å²) in [6.07, 6.45) is 7.06. The lowest BCUT2D eigenvalue weighted by Gasteiger charge is -2.42. The van der Waals surface area contributed by atoms with Crippen molar-refractivity contribution in [3.63, 3.8) is 0 Å². The zero-order valence-electron chi connectivity index (χ0n) is 22.2. The Bertz CT molecular complexity index is 1490. The summed E-state index contributed by atoms with van der Waals surface area (Å²) in [6.45, 7) is 8.12. The number of amides is 2. The standard InChI is InChI=1S/C26H32N10O2/c1-16-12-35(17(2)11-33(16)4)15-24(37)29-21-8-22(18(3)27-10-21)30-26(38)25-23-7-6-19(14-36(23)32-31-25)20-9-28-34(5)13-20/h6-10,13-14,16-17H,11-12,15H2,1-5H3,(H,29,37)(H,30,38)/t16-,17+/m1/s1. The molecule has 0 spiro atoms. The lowest BCUT2D eigenvalue weighted by Crippen LogP contribution is -2.56. The average Bonchev–Trinajstić information content (AvgIpc) is 3.50. The van der Waals surface area contributed by atoms with E-state index in [2.05, 4.69) is 61.7 Å². The van der Waals surface area contributed by atoms with E-state index in [1.807, 2.05) is 19.3 Å². The minimum absolute atomic E-state index is 0.120. The number of nitrogens with one attached hydrogen (secondary N) is 2. The normalized spacial score (nSPS) is 18.6. The molecule has 1 aliphatic heterocycles. The molecule has 38 heavy (non-hydrogen) atoms. The maximum atomic E-state index is 13.1. The first-order valence-electron chi connectivity index (χ1n) is 12.5. The van der Waals surface area contributed by atoms with Gasteiger partial charge in [-0.3, -0.25) is 24.2 Å². The lowest BCUT2D eigenvalue weighted by molar-refractivity contribution is -0.118. The van der Waals surface area contributed by atoms with E-state index in [1.54, 1.807) is 46.8 Å². The first kappa shape index (κ1) is 25.5. The Labute approximate surface area is 220 Å². The second-order valence-electron chi connectivity index (χ2n) is 10.0. The molecule has 5 rings (SSSR count). The number of fused-ring (bicyclic) bond motifs is 1. The van der Waals surface area contributed by atoms with Crippen molar-refractivity contribution in [2.24, 2.45) is 7.05 Å². The fourth-order valence-electron chi connectivity index (χ4n) is 4.68. The number of carbonyl (C=O) groups is 2. The summed E-state index contributed by atoms with van der Waals surface area (Å²) < 4.78 is 3.29. The number of likely N-dealkylation sites (N-methyl/N-ethyl adjacent to an activating group) is 1. The monoisotopic (exact) mass is 516 g/mol. The molecule has 1 fully saturated rings. The summed E-state index contributed by atoms with van der Waals surface area (Å²) in [4.78, 5) is 34.8. The van der Waals surface area contributed by atoms with Crippen LogP contribution >= 0.6 is 0 Å². The zero-order chi connectivity index (χ0) is 27.0. The van der Waals surface area contributed by atoms with Gasteiger partial charge in [0.25, 0.3) is 5.91 Å². The first-order valence-corrected chi connectivity index (χ1v) is 12.5. The molecule has 1 aliphatic rings. The summed E-state index contributed by atoms with van der Waals surface area (Å²) in [7, 11) is 3.96. The minimum atomic E-state index is -0.414. The van der Waals surface area contributed by atoms with Gasteiger partial charge < -0.3 is 15.5 Å². The van der Waals surface area contributed by atoms with Crippen molar-refractivity contribution in [2.45, 2.75) is 32.9 Å². The summed E-state index contributed by atoms with van der Waals surface area (Å²) in [5.41, 5.74) is 4.23. The molecule has 2 atom stereocenters. The fourth-order valence-corrected chi connectivity index (χ4v) is 4.68. The third-order valence-electron chi connectivity index (χ3n) is 7.06. The molecule has 0 unspecified atom stereocenters. The molecule has 198 valence electrons. The summed E-state index contributed by atoms with van der Waals surface area (Å²) in [6, 6.07) is 6.08. The summed E-state index contributed by atoms with van der Waals surface area (Å²) in [5.74, 6) is -0.534. The largest absolute Gasteiger partial charge is 0.324 e. The quantitative estimate of drug-likeness (QED) is 0.399. The number of aromatic nitrogens is 6. The van der Waals surface area contributed by atoms with Crippen molar-refractivity contribution in [3.8, 4) is 11.1 Å². The summed E-state index contributed by atoms with van der Waals surface area (Å²) in [5, 5.41) is 18.2. The van der Waals surface area contributed by atoms with Crippen molar-refractivity contribution in [2.75, 3.05) is 37.3 Å². The Morgan fingerprint density at radius 2 is 1.84 bits per heavy atom. The number of piperazine rings is 1. The maximum Gasteiger partial charge on any atom is 0.278 e. The van der Waals surface area contributed by atoms with Crippen LogP contribution in [0.2, 0.25) is 0 Å². The number of carbonyl (C=O) groups excluding carboxylic acids is 2. The van der Waals surface area contributed by atoms with Crippen molar-refractivity contribution < 1.29 is 9.59 Å². The highest BCUT2D eigenvalue weighted by atomic mass is 16.2. The molecular weight excluding hydrogens is 484 g/mol. The fraction of sp³-hybridized carbons (Fsp3) is 0.385. The average molecular weight is 517 g/mol. The van der Waals surface area contributed by atoms with E-state index in [1.165, 1.54) is 0 Å². The van der Waals surface area contributed by atoms with Crippen LogP contribution in [-0.4, -0.2) is 90.0 Å². The van der Waals surface area contributed by atoms with E-state index >= 15 is 0 Å². The number of nitrogens with zero attached hydrogens (tertiary/aromatic N) is 8. The number of hydrogen-bond donors (Lipinski definition) is 2. The highest BCUT2D eigenvalue weighted by Crippen LogP contribution is 2.22. The van der Waals surface area contributed by atoms with Crippen LogP contribution in [0.5, 0.6) is 0 Å². The molecule has 0 saturated carbocycles. The summed E-state index contributed by atoms with van der Waals surface area (Å²) >= 11 is 0. The smallest absolute Gasteiger partial charge is 0.278 e. The predicted octanol–water partition coefficient (Wildman–Crippen LogP) is 2.05. The zero-order valence-corrected chi connectivity index (χ0v) is 22.2. The highest BCUT2D eigenvalue weighted by Gasteiger charge is 2.28. The van der Waals surface area contributed by atoms with Crippen molar-refractivity contribution in [1.82, 2.24) is 39.4 Å². The van der Waals surface area contributed by atoms with Gasteiger partial charge in [-0.05, 0) is 40.0 Å². The van der Waals surface area contributed by atoms with Crippen molar-refractivity contribution in [3.05, 3.63) is 54.4 Å². The molecule has 4 aromatic rings. The van der Waals surface area contributed by atoms with Crippen LogP contribution in [0.15, 0.2) is 43.0 Å². The Balaban J connectivity index is 1.27. The van der Waals surface area contributed by atoms with E-state index in [0.717, 1.165) is 24.2 Å². The predicted molar refractivity (Wildman–Crippen MR) is 144 cm³/mol. The molecule has 0 aliphatic carbocycles. The van der Waals surface area contributed by atoms with E-state index in [0.29, 0.717) is 35.2 Å². The molecule has 0 radical (unpaired) electrons. The third-order valence-corrected chi connectivity index (χ3v) is 7.06. The molecule has 4 aromatic heterocycles. The van der Waals surface area contributed by atoms with Gasteiger partial charge in [-0.25, -0.2) is 4.52 Å². The van der Waals surface area contributed by atoms with Crippen LogP contribution < -0.4 is 10.6 Å². The van der Waals surface area contributed by atoms with E-state index in [-0.39, 0.29) is 17.6 Å². The van der Waals surface area contributed by atoms with Crippen LogP contribution in [0.25, 0.3) is 16.6 Å². The molecule has 1 saturated heterocycles. The first-order chi connectivity index (χ1) is 18.2. The minimum Gasteiger partial charge on any atom is -0.324 e. The third kappa shape index (κ3) is 5.27. The van der Waals surface area contributed by atoms with Gasteiger partial charge in [0.05, 0.1) is 41.5 Å². The van der Waals surface area contributed by atoms with E-state index in [9.17, 15) is 9.59 Å².